The Balaban J connectivity index is 2.05. The first-order valence-electron chi connectivity index (χ1n) is 5.74. The Labute approximate surface area is 108 Å². The lowest BCUT2D eigenvalue weighted by Gasteiger charge is -1.95. The molecule has 5 nitrogen and oxygen atoms in total. The van der Waals surface area contributed by atoms with Crippen molar-refractivity contribution in [1.82, 2.24) is 20.0 Å². The predicted molar refractivity (Wildman–Crippen MR) is 66.6 cm³/mol. The second-order valence-corrected chi connectivity index (χ2v) is 4.19. The lowest BCUT2D eigenvalue weighted by atomic mass is 10.2. The Morgan fingerprint density at radius 3 is 2.42 bits per heavy atom. The summed E-state index contributed by atoms with van der Waals surface area (Å²) in [6.45, 7) is 1.85. The largest absolute Gasteiger partial charge is 0.416 e. The summed E-state index contributed by atoms with van der Waals surface area (Å²) in [6, 6.07) is 6.29. The molecule has 0 N–H and O–H groups in total. The Bertz CT molecular complexity index is 732. The fourth-order valence-electron chi connectivity index (χ4n) is 1.89. The zero-order chi connectivity index (χ0) is 13.4. The van der Waals surface area contributed by atoms with Crippen LogP contribution in [0.2, 0.25) is 0 Å². The molecule has 6 heteroatoms. The maximum absolute atomic E-state index is 13.6. The van der Waals surface area contributed by atoms with E-state index in [0.29, 0.717) is 11.5 Å². The van der Waals surface area contributed by atoms with Crippen LogP contribution in [0, 0.1) is 12.7 Å². The highest BCUT2D eigenvalue weighted by Gasteiger charge is 2.16. The highest BCUT2D eigenvalue weighted by atomic mass is 19.1. The quantitative estimate of drug-likeness (QED) is 0.709. The van der Waals surface area contributed by atoms with Gasteiger partial charge in [0.2, 0.25) is 0 Å². The van der Waals surface area contributed by atoms with Gasteiger partial charge in [-0.3, -0.25) is 4.68 Å². The van der Waals surface area contributed by atoms with Crippen LogP contribution in [0.1, 0.15) is 5.69 Å². The number of aromatic nitrogens is 4. The van der Waals surface area contributed by atoms with Crippen LogP contribution < -0.4 is 0 Å². The molecule has 0 radical (unpaired) electrons. The minimum atomic E-state index is -0.388. The topological polar surface area (TPSA) is 56.7 Å². The van der Waals surface area contributed by atoms with Gasteiger partial charge in [0.15, 0.2) is 0 Å². The van der Waals surface area contributed by atoms with Gasteiger partial charge in [0.1, 0.15) is 5.82 Å². The van der Waals surface area contributed by atoms with Crippen LogP contribution in [0.4, 0.5) is 4.39 Å². The van der Waals surface area contributed by atoms with E-state index in [4.69, 9.17) is 4.42 Å². The van der Waals surface area contributed by atoms with Crippen LogP contribution in [0.5, 0.6) is 0 Å². The van der Waals surface area contributed by atoms with E-state index in [0.717, 1.165) is 11.3 Å². The molecule has 0 atom stereocenters. The first-order valence-corrected chi connectivity index (χ1v) is 5.74. The molecule has 0 amide bonds. The average molecular weight is 258 g/mol. The SMILES string of the molecule is Cc1nn(C)cc1-c1nnc(-c2ccccc2F)o1. The normalized spacial score (nSPS) is 10.9. The molecule has 0 spiro atoms. The molecule has 0 saturated carbocycles. The third-order valence-corrected chi connectivity index (χ3v) is 2.77. The van der Waals surface area contributed by atoms with Crippen molar-refractivity contribution in [3.05, 3.63) is 42.0 Å². The first-order chi connectivity index (χ1) is 9.15. The average Bonchev–Trinajstić information content (AvgIpc) is 2.96. The van der Waals surface area contributed by atoms with Crippen molar-refractivity contribution in [3.63, 3.8) is 0 Å². The minimum absolute atomic E-state index is 0.163. The zero-order valence-corrected chi connectivity index (χ0v) is 10.5. The molecule has 0 bridgehead atoms. The van der Waals surface area contributed by atoms with Crippen molar-refractivity contribution >= 4 is 0 Å². The van der Waals surface area contributed by atoms with Gasteiger partial charge < -0.3 is 4.42 Å². The number of benzene rings is 1. The van der Waals surface area contributed by atoms with Gasteiger partial charge in [0, 0.05) is 13.2 Å². The highest BCUT2D eigenvalue weighted by molar-refractivity contribution is 5.59. The summed E-state index contributed by atoms with van der Waals surface area (Å²) in [4.78, 5) is 0. The Morgan fingerprint density at radius 2 is 1.79 bits per heavy atom. The molecule has 1 aromatic carbocycles. The van der Waals surface area contributed by atoms with Crippen molar-refractivity contribution in [1.29, 1.82) is 0 Å². The van der Waals surface area contributed by atoms with Crippen LogP contribution in [0.25, 0.3) is 22.9 Å². The summed E-state index contributed by atoms with van der Waals surface area (Å²) in [6.07, 6.45) is 1.79. The van der Waals surface area contributed by atoms with E-state index in [1.54, 1.807) is 29.1 Å². The molecule has 0 aliphatic heterocycles. The van der Waals surface area contributed by atoms with Gasteiger partial charge in [-0.05, 0) is 19.1 Å². The Hall–Kier alpha value is -2.50. The van der Waals surface area contributed by atoms with Gasteiger partial charge in [-0.2, -0.15) is 5.10 Å². The van der Waals surface area contributed by atoms with Crippen molar-refractivity contribution in [2.45, 2.75) is 6.92 Å². The van der Waals surface area contributed by atoms with Gasteiger partial charge in [0.05, 0.1) is 16.8 Å². The number of aryl methyl sites for hydroxylation is 2. The third-order valence-electron chi connectivity index (χ3n) is 2.77. The van der Waals surface area contributed by atoms with E-state index in [2.05, 4.69) is 15.3 Å². The van der Waals surface area contributed by atoms with Crippen LogP contribution in [-0.2, 0) is 7.05 Å². The maximum atomic E-state index is 13.6. The smallest absolute Gasteiger partial charge is 0.251 e. The molecular formula is C13H11FN4O. The van der Waals surface area contributed by atoms with E-state index in [1.807, 2.05) is 14.0 Å². The molecular weight excluding hydrogens is 247 g/mol. The molecule has 0 unspecified atom stereocenters. The van der Waals surface area contributed by atoms with Crippen molar-refractivity contribution in [3.8, 4) is 22.9 Å². The molecule has 2 aromatic heterocycles. The van der Waals surface area contributed by atoms with Crippen molar-refractivity contribution in [2.24, 2.45) is 7.05 Å². The summed E-state index contributed by atoms with van der Waals surface area (Å²) in [5, 5.41) is 12.0. The molecule has 3 aromatic rings. The van der Waals surface area contributed by atoms with Gasteiger partial charge in [-0.25, -0.2) is 4.39 Å². The zero-order valence-electron chi connectivity index (χ0n) is 10.5. The van der Waals surface area contributed by atoms with E-state index in [-0.39, 0.29) is 11.7 Å². The highest BCUT2D eigenvalue weighted by Crippen LogP contribution is 2.26. The monoisotopic (exact) mass is 258 g/mol. The van der Waals surface area contributed by atoms with E-state index in [9.17, 15) is 4.39 Å². The second kappa shape index (κ2) is 4.31. The van der Waals surface area contributed by atoms with Crippen LogP contribution >= 0.6 is 0 Å². The Kier molecular flexibility index (Phi) is 2.63. The number of hydrogen-bond donors (Lipinski definition) is 0. The number of halogens is 1. The molecule has 19 heavy (non-hydrogen) atoms. The number of nitrogens with zero attached hydrogens (tertiary/aromatic N) is 4. The van der Waals surface area contributed by atoms with Gasteiger partial charge >= 0.3 is 0 Å². The molecule has 2 heterocycles. The molecule has 0 saturated heterocycles. The summed E-state index contributed by atoms with van der Waals surface area (Å²) < 4.78 is 20.8. The maximum Gasteiger partial charge on any atom is 0.251 e. The fraction of sp³-hybridized carbons (Fsp3) is 0.154. The summed E-state index contributed by atoms with van der Waals surface area (Å²) in [7, 11) is 1.81. The van der Waals surface area contributed by atoms with Gasteiger partial charge in [0.25, 0.3) is 11.8 Å². The lowest BCUT2D eigenvalue weighted by molar-refractivity contribution is 0.570. The predicted octanol–water partition coefficient (Wildman–Crippen LogP) is 2.58. The lowest BCUT2D eigenvalue weighted by Crippen LogP contribution is -1.86. The minimum Gasteiger partial charge on any atom is -0.416 e. The second-order valence-electron chi connectivity index (χ2n) is 4.19. The van der Waals surface area contributed by atoms with Crippen molar-refractivity contribution < 1.29 is 8.81 Å². The fourth-order valence-corrected chi connectivity index (χ4v) is 1.89. The van der Waals surface area contributed by atoms with Gasteiger partial charge in [-0.1, -0.05) is 12.1 Å². The molecule has 96 valence electrons. The van der Waals surface area contributed by atoms with E-state index < -0.39 is 0 Å². The van der Waals surface area contributed by atoms with Gasteiger partial charge in [-0.15, -0.1) is 10.2 Å². The first kappa shape index (κ1) is 11.6. The summed E-state index contributed by atoms with van der Waals surface area (Å²) in [5.41, 5.74) is 1.83. The number of hydrogen-bond acceptors (Lipinski definition) is 4. The van der Waals surface area contributed by atoms with E-state index in [1.165, 1.54) is 6.07 Å². The summed E-state index contributed by atoms with van der Waals surface area (Å²) in [5.74, 6) is 0.112. The third kappa shape index (κ3) is 2.01. The molecule has 0 aliphatic rings. The summed E-state index contributed by atoms with van der Waals surface area (Å²) >= 11 is 0. The standard InChI is InChI=1S/C13H11FN4O/c1-8-10(7-18(2)17-8)13-16-15-12(19-13)9-5-3-4-6-11(9)14/h3-7H,1-2H3. The van der Waals surface area contributed by atoms with Crippen LogP contribution in [0.3, 0.4) is 0 Å². The number of rotatable bonds is 2. The van der Waals surface area contributed by atoms with Crippen LogP contribution in [-0.4, -0.2) is 20.0 Å². The van der Waals surface area contributed by atoms with E-state index >= 15 is 0 Å². The molecule has 3 rings (SSSR count). The van der Waals surface area contributed by atoms with Crippen LogP contribution in [0.15, 0.2) is 34.9 Å². The van der Waals surface area contributed by atoms with Crippen molar-refractivity contribution in [2.75, 3.05) is 0 Å². The Morgan fingerprint density at radius 1 is 1.11 bits per heavy atom. The molecule has 0 fully saturated rings. The molecule has 0 aliphatic carbocycles.